The Bertz CT molecular complexity index is 645. The normalized spacial score (nSPS) is 10.3. The van der Waals surface area contributed by atoms with Crippen LogP contribution in [0.2, 0.25) is 5.02 Å². The van der Waals surface area contributed by atoms with Crippen molar-refractivity contribution in [2.45, 2.75) is 20.5 Å². The molecule has 3 nitrogen and oxygen atoms in total. The second-order valence-electron chi connectivity index (χ2n) is 4.94. The molecule has 0 atom stereocenters. The molecule has 0 aliphatic heterocycles. The fourth-order valence-corrected chi connectivity index (χ4v) is 2.53. The van der Waals surface area contributed by atoms with Gasteiger partial charge in [-0.3, -0.25) is 4.79 Å². The molecule has 2 aromatic rings. The SMILES string of the molecule is COc1cc(C=O)cc(Cl)c1OCc1cc(C)cc(C)c1. The number of hydrogen-bond donors (Lipinski definition) is 0. The standard InChI is InChI=1S/C17H17ClO3/c1-11-4-12(2)6-14(5-11)10-21-17-15(18)7-13(9-19)8-16(17)20-3/h4-9H,10H2,1-3H3. The molecule has 0 unspecified atom stereocenters. The van der Waals surface area contributed by atoms with Crippen LogP contribution in [0.1, 0.15) is 27.0 Å². The maximum atomic E-state index is 10.8. The number of carbonyl (C=O) groups is 1. The van der Waals surface area contributed by atoms with Crippen LogP contribution in [0.5, 0.6) is 11.5 Å². The molecule has 110 valence electrons. The van der Waals surface area contributed by atoms with Gasteiger partial charge in [-0.2, -0.15) is 0 Å². The zero-order valence-corrected chi connectivity index (χ0v) is 13.0. The van der Waals surface area contributed by atoms with Crippen LogP contribution in [0, 0.1) is 13.8 Å². The quantitative estimate of drug-likeness (QED) is 0.770. The highest BCUT2D eigenvalue weighted by atomic mass is 35.5. The Hall–Kier alpha value is -2.00. The van der Waals surface area contributed by atoms with Crippen LogP contribution < -0.4 is 9.47 Å². The molecule has 2 aromatic carbocycles. The first-order valence-corrected chi connectivity index (χ1v) is 6.94. The molecular weight excluding hydrogens is 288 g/mol. The zero-order chi connectivity index (χ0) is 15.4. The lowest BCUT2D eigenvalue weighted by Gasteiger charge is -2.13. The molecule has 0 amide bonds. The Morgan fingerprint density at radius 1 is 1.10 bits per heavy atom. The van der Waals surface area contributed by atoms with Crippen molar-refractivity contribution in [3.8, 4) is 11.5 Å². The summed E-state index contributed by atoms with van der Waals surface area (Å²) in [5.74, 6) is 0.901. The first-order valence-electron chi connectivity index (χ1n) is 6.56. The van der Waals surface area contributed by atoms with Gasteiger partial charge in [0.15, 0.2) is 11.5 Å². The summed E-state index contributed by atoms with van der Waals surface area (Å²) >= 11 is 6.16. The predicted molar refractivity (Wildman–Crippen MR) is 83.6 cm³/mol. The highest BCUT2D eigenvalue weighted by molar-refractivity contribution is 6.32. The highest BCUT2D eigenvalue weighted by Crippen LogP contribution is 2.36. The summed E-state index contributed by atoms with van der Waals surface area (Å²) in [5.41, 5.74) is 3.88. The second kappa shape index (κ2) is 6.64. The lowest BCUT2D eigenvalue weighted by Crippen LogP contribution is -2.00. The summed E-state index contributed by atoms with van der Waals surface area (Å²) < 4.78 is 11.0. The number of ether oxygens (including phenoxy) is 2. The molecule has 0 bridgehead atoms. The molecule has 21 heavy (non-hydrogen) atoms. The molecule has 0 radical (unpaired) electrons. The van der Waals surface area contributed by atoms with Crippen LogP contribution >= 0.6 is 11.6 Å². The molecule has 0 saturated heterocycles. The lowest BCUT2D eigenvalue weighted by molar-refractivity contribution is 0.112. The molecule has 0 aliphatic rings. The monoisotopic (exact) mass is 304 g/mol. The smallest absolute Gasteiger partial charge is 0.180 e. The van der Waals surface area contributed by atoms with E-state index in [4.69, 9.17) is 21.1 Å². The van der Waals surface area contributed by atoms with Gasteiger partial charge in [-0.05, 0) is 31.5 Å². The van der Waals surface area contributed by atoms with Crippen molar-refractivity contribution in [1.82, 2.24) is 0 Å². The molecule has 0 N–H and O–H groups in total. The minimum Gasteiger partial charge on any atom is -0.493 e. The van der Waals surface area contributed by atoms with Crippen LogP contribution in [0.25, 0.3) is 0 Å². The third-order valence-electron chi connectivity index (χ3n) is 3.05. The van der Waals surface area contributed by atoms with E-state index in [-0.39, 0.29) is 0 Å². The van der Waals surface area contributed by atoms with E-state index < -0.39 is 0 Å². The molecule has 0 spiro atoms. The summed E-state index contributed by atoms with van der Waals surface area (Å²) in [4.78, 5) is 10.8. The van der Waals surface area contributed by atoms with E-state index in [1.807, 2.05) is 13.8 Å². The van der Waals surface area contributed by atoms with Crippen molar-refractivity contribution in [3.05, 3.63) is 57.6 Å². The molecule has 2 rings (SSSR count). The van der Waals surface area contributed by atoms with E-state index in [0.717, 1.165) is 11.8 Å². The topological polar surface area (TPSA) is 35.5 Å². The third-order valence-corrected chi connectivity index (χ3v) is 3.33. The number of rotatable bonds is 5. The number of carbonyl (C=O) groups excluding carboxylic acids is 1. The maximum Gasteiger partial charge on any atom is 0.180 e. The number of aldehydes is 1. The van der Waals surface area contributed by atoms with Gasteiger partial charge in [-0.15, -0.1) is 0 Å². The first kappa shape index (κ1) is 15.4. The van der Waals surface area contributed by atoms with Gasteiger partial charge in [0.2, 0.25) is 0 Å². The van der Waals surface area contributed by atoms with Gasteiger partial charge < -0.3 is 9.47 Å². The predicted octanol–water partition coefficient (Wildman–Crippen LogP) is 4.36. The van der Waals surface area contributed by atoms with E-state index in [2.05, 4.69) is 18.2 Å². The zero-order valence-electron chi connectivity index (χ0n) is 12.3. The van der Waals surface area contributed by atoms with E-state index in [1.165, 1.54) is 18.2 Å². The summed E-state index contributed by atoms with van der Waals surface area (Å²) in [6, 6.07) is 9.40. The van der Waals surface area contributed by atoms with Crippen molar-refractivity contribution >= 4 is 17.9 Å². The largest absolute Gasteiger partial charge is 0.493 e. The van der Waals surface area contributed by atoms with Crippen LogP contribution in [0.15, 0.2) is 30.3 Å². The third kappa shape index (κ3) is 3.76. The van der Waals surface area contributed by atoms with Gasteiger partial charge >= 0.3 is 0 Å². The van der Waals surface area contributed by atoms with Crippen LogP contribution in [-0.2, 0) is 6.61 Å². The maximum absolute atomic E-state index is 10.8. The molecule has 0 fully saturated rings. The van der Waals surface area contributed by atoms with Crippen molar-refractivity contribution in [2.75, 3.05) is 7.11 Å². The number of aryl methyl sites for hydroxylation is 2. The fourth-order valence-electron chi connectivity index (χ4n) is 2.26. The van der Waals surface area contributed by atoms with E-state index in [9.17, 15) is 4.79 Å². The first-order chi connectivity index (χ1) is 10.0. The van der Waals surface area contributed by atoms with Crippen LogP contribution in [-0.4, -0.2) is 13.4 Å². The van der Waals surface area contributed by atoms with E-state index >= 15 is 0 Å². The minimum absolute atomic E-state index is 0.362. The number of hydrogen-bond acceptors (Lipinski definition) is 3. The van der Waals surface area contributed by atoms with E-state index in [1.54, 1.807) is 12.1 Å². The van der Waals surface area contributed by atoms with Crippen molar-refractivity contribution in [1.29, 1.82) is 0 Å². The molecular formula is C17H17ClO3. The van der Waals surface area contributed by atoms with Crippen molar-refractivity contribution in [3.63, 3.8) is 0 Å². The van der Waals surface area contributed by atoms with Gasteiger partial charge in [-0.1, -0.05) is 40.9 Å². The Morgan fingerprint density at radius 2 is 1.76 bits per heavy atom. The van der Waals surface area contributed by atoms with Gasteiger partial charge in [-0.25, -0.2) is 0 Å². The lowest BCUT2D eigenvalue weighted by atomic mass is 10.1. The van der Waals surface area contributed by atoms with Gasteiger partial charge in [0.05, 0.1) is 12.1 Å². The van der Waals surface area contributed by atoms with Crippen LogP contribution in [0.3, 0.4) is 0 Å². The Morgan fingerprint density at radius 3 is 2.33 bits per heavy atom. The van der Waals surface area contributed by atoms with Gasteiger partial charge in [0.25, 0.3) is 0 Å². The average Bonchev–Trinajstić information content (AvgIpc) is 2.44. The summed E-state index contributed by atoms with van der Waals surface area (Å²) in [6.07, 6.45) is 0.724. The average molecular weight is 305 g/mol. The van der Waals surface area contributed by atoms with Crippen molar-refractivity contribution < 1.29 is 14.3 Å². The van der Waals surface area contributed by atoms with Crippen molar-refractivity contribution in [2.24, 2.45) is 0 Å². The number of halogens is 1. The molecule has 0 saturated carbocycles. The summed E-state index contributed by atoms with van der Waals surface area (Å²) in [7, 11) is 1.52. The van der Waals surface area contributed by atoms with Gasteiger partial charge in [0, 0.05) is 5.56 Å². The Labute approximate surface area is 129 Å². The highest BCUT2D eigenvalue weighted by Gasteiger charge is 2.12. The molecule has 0 aliphatic carbocycles. The number of methoxy groups -OCH3 is 1. The minimum atomic E-state index is 0.362. The van der Waals surface area contributed by atoms with E-state index in [0.29, 0.717) is 28.7 Å². The fraction of sp³-hybridized carbons (Fsp3) is 0.235. The Balaban J connectivity index is 2.25. The molecule has 4 heteroatoms. The Kier molecular flexibility index (Phi) is 4.86. The molecule has 0 heterocycles. The summed E-state index contributed by atoms with van der Waals surface area (Å²) in [5, 5.41) is 0.362. The van der Waals surface area contributed by atoms with Gasteiger partial charge in [0.1, 0.15) is 12.9 Å². The van der Waals surface area contributed by atoms with Crippen LogP contribution in [0.4, 0.5) is 0 Å². The molecule has 0 aromatic heterocycles. The number of benzene rings is 2. The second-order valence-corrected chi connectivity index (χ2v) is 5.34. The summed E-state index contributed by atoms with van der Waals surface area (Å²) in [6.45, 7) is 4.48.